The Hall–Kier alpha value is -2.63. The number of hydrogen-bond donors (Lipinski definition) is 0. The zero-order valence-electron chi connectivity index (χ0n) is 53.2. The summed E-state index contributed by atoms with van der Waals surface area (Å²) in [4.78, 5) is 38.4. The van der Waals surface area contributed by atoms with Crippen LogP contribution in [0.25, 0.3) is 0 Å². The molecule has 0 aromatic carbocycles. The molecule has 0 aliphatic carbocycles. The molecule has 79 heavy (non-hydrogen) atoms. The molecule has 0 radical (unpaired) electrons. The van der Waals surface area contributed by atoms with E-state index in [1.54, 1.807) is 0 Å². The van der Waals surface area contributed by atoms with Crippen molar-refractivity contribution in [3.05, 3.63) is 48.6 Å². The van der Waals surface area contributed by atoms with Crippen LogP contribution in [0.15, 0.2) is 48.6 Å². The second kappa shape index (κ2) is 67.9. The summed E-state index contributed by atoms with van der Waals surface area (Å²) in [5.41, 5.74) is 0. The maximum absolute atomic E-state index is 12.9. The first-order valence-electron chi connectivity index (χ1n) is 35.1. The molecule has 0 amide bonds. The summed E-state index contributed by atoms with van der Waals surface area (Å²) in [6.07, 6.45) is 85.7. The summed E-state index contributed by atoms with van der Waals surface area (Å²) in [5, 5.41) is 0. The standard InChI is InChI=1S/C73H134O6/c1-4-7-10-13-16-19-22-24-26-28-30-32-34-35-36-37-39-40-42-44-46-48-51-54-57-60-63-66-72(75)78-69-70(68-77-71(74)65-62-59-56-53-50-21-18-15-12-9-6-3)79-73(76)67-64-61-58-55-52-49-47-45-43-41-38-33-31-29-27-25-23-20-17-14-11-8-5-2/h22-25,28-31,70H,4-21,26-27,32-69H2,1-3H3/b24-22-,25-23-,30-28-,31-29-. The molecule has 0 bridgehead atoms. The van der Waals surface area contributed by atoms with Crippen molar-refractivity contribution >= 4 is 17.9 Å². The van der Waals surface area contributed by atoms with Crippen LogP contribution in [-0.2, 0) is 28.6 Å². The highest BCUT2D eigenvalue weighted by atomic mass is 16.6. The Morgan fingerprint density at radius 3 is 0.696 bits per heavy atom. The second-order valence-corrected chi connectivity index (χ2v) is 23.8. The maximum atomic E-state index is 12.9. The third kappa shape index (κ3) is 66.1. The molecule has 0 aromatic heterocycles. The fourth-order valence-electron chi connectivity index (χ4n) is 10.5. The molecule has 0 rings (SSSR count). The van der Waals surface area contributed by atoms with Crippen LogP contribution in [0.1, 0.15) is 380 Å². The van der Waals surface area contributed by atoms with Gasteiger partial charge in [0, 0.05) is 19.3 Å². The average Bonchev–Trinajstić information content (AvgIpc) is 3.45. The Labute approximate surface area is 492 Å². The summed E-state index contributed by atoms with van der Waals surface area (Å²) in [5.74, 6) is -0.847. The van der Waals surface area contributed by atoms with E-state index in [0.29, 0.717) is 19.3 Å². The molecule has 0 heterocycles. The van der Waals surface area contributed by atoms with Crippen molar-refractivity contribution in [1.82, 2.24) is 0 Å². The molecule has 1 atom stereocenters. The molecule has 1 unspecified atom stereocenters. The monoisotopic (exact) mass is 1110 g/mol. The van der Waals surface area contributed by atoms with E-state index in [9.17, 15) is 14.4 Å². The van der Waals surface area contributed by atoms with E-state index in [0.717, 1.165) is 70.6 Å². The predicted octanol–water partition coefficient (Wildman–Crippen LogP) is 24.1. The van der Waals surface area contributed by atoms with Crippen LogP contribution >= 0.6 is 0 Å². The Kier molecular flexibility index (Phi) is 65.6. The van der Waals surface area contributed by atoms with Gasteiger partial charge in [-0.1, -0.05) is 326 Å². The van der Waals surface area contributed by atoms with Gasteiger partial charge in [0.05, 0.1) is 0 Å². The van der Waals surface area contributed by atoms with Gasteiger partial charge >= 0.3 is 17.9 Å². The molecule has 0 aliphatic heterocycles. The van der Waals surface area contributed by atoms with Crippen molar-refractivity contribution in [1.29, 1.82) is 0 Å². The van der Waals surface area contributed by atoms with Gasteiger partial charge < -0.3 is 14.2 Å². The lowest BCUT2D eigenvalue weighted by Crippen LogP contribution is -2.30. The first-order valence-corrected chi connectivity index (χ1v) is 35.1. The van der Waals surface area contributed by atoms with Crippen LogP contribution in [0, 0.1) is 0 Å². The highest BCUT2D eigenvalue weighted by molar-refractivity contribution is 5.71. The summed E-state index contributed by atoms with van der Waals surface area (Å²) in [6, 6.07) is 0. The molecule has 0 fully saturated rings. The maximum Gasteiger partial charge on any atom is 0.306 e. The zero-order valence-corrected chi connectivity index (χ0v) is 53.2. The molecular formula is C73H134O6. The zero-order chi connectivity index (χ0) is 57.1. The first-order chi connectivity index (χ1) is 39.0. The van der Waals surface area contributed by atoms with Crippen LogP contribution in [0.2, 0.25) is 0 Å². The molecule has 0 N–H and O–H groups in total. The quantitative estimate of drug-likeness (QED) is 0.0261. The van der Waals surface area contributed by atoms with Gasteiger partial charge in [0.15, 0.2) is 6.10 Å². The molecule has 6 nitrogen and oxygen atoms in total. The second-order valence-electron chi connectivity index (χ2n) is 23.8. The fourth-order valence-corrected chi connectivity index (χ4v) is 10.5. The van der Waals surface area contributed by atoms with Crippen LogP contribution in [0.3, 0.4) is 0 Å². The third-order valence-electron chi connectivity index (χ3n) is 15.8. The van der Waals surface area contributed by atoms with Gasteiger partial charge in [0.2, 0.25) is 0 Å². The number of carbonyl (C=O) groups is 3. The predicted molar refractivity (Wildman–Crippen MR) is 344 cm³/mol. The first kappa shape index (κ1) is 76.4. The Morgan fingerprint density at radius 2 is 0.456 bits per heavy atom. The Balaban J connectivity index is 4.19. The molecule has 462 valence electrons. The highest BCUT2D eigenvalue weighted by Crippen LogP contribution is 2.18. The molecule has 0 spiro atoms. The lowest BCUT2D eigenvalue weighted by molar-refractivity contribution is -0.167. The number of rotatable bonds is 65. The topological polar surface area (TPSA) is 78.9 Å². The van der Waals surface area contributed by atoms with E-state index in [-0.39, 0.29) is 31.1 Å². The van der Waals surface area contributed by atoms with Crippen molar-refractivity contribution in [3.8, 4) is 0 Å². The van der Waals surface area contributed by atoms with E-state index in [1.165, 1.54) is 270 Å². The number of allylic oxidation sites excluding steroid dienone is 8. The molecule has 0 saturated heterocycles. The van der Waals surface area contributed by atoms with Crippen molar-refractivity contribution in [2.24, 2.45) is 0 Å². The number of unbranched alkanes of at least 4 members (excludes halogenated alkanes) is 46. The smallest absolute Gasteiger partial charge is 0.306 e. The van der Waals surface area contributed by atoms with Crippen molar-refractivity contribution in [2.75, 3.05) is 13.2 Å². The lowest BCUT2D eigenvalue weighted by Gasteiger charge is -2.18. The van der Waals surface area contributed by atoms with E-state index in [1.807, 2.05) is 0 Å². The Morgan fingerprint density at radius 1 is 0.253 bits per heavy atom. The fraction of sp³-hybridized carbons (Fsp3) is 0.849. The normalized spacial score (nSPS) is 12.3. The van der Waals surface area contributed by atoms with Gasteiger partial charge in [0.25, 0.3) is 0 Å². The Bertz CT molecular complexity index is 1360. The number of carbonyl (C=O) groups excluding carboxylic acids is 3. The van der Waals surface area contributed by atoms with Gasteiger partial charge in [-0.3, -0.25) is 14.4 Å². The van der Waals surface area contributed by atoms with Gasteiger partial charge in [-0.25, -0.2) is 0 Å². The van der Waals surface area contributed by atoms with E-state index >= 15 is 0 Å². The van der Waals surface area contributed by atoms with Gasteiger partial charge in [-0.15, -0.1) is 0 Å². The van der Waals surface area contributed by atoms with Crippen molar-refractivity contribution in [2.45, 2.75) is 386 Å². The van der Waals surface area contributed by atoms with Gasteiger partial charge in [-0.2, -0.15) is 0 Å². The SMILES string of the molecule is CCCCCCC/C=C\C/C=C\CCCCCCCCCCCCCCCCCC(=O)OCC(COC(=O)CCCCCCCCCCCCC)OC(=O)CCCCCCCCCCCCC/C=C\C/C=C\CCCCCCC. The minimum Gasteiger partial charge on any atom is -0.462 e. The molecule has 0 aromatic rings. The largest absolute Gasteiger partial charge is 0.462 e. The van der Waals surface area contributed by atoms with Gasteiger partial charge in [-0.05, 0) is 83.5 Å². The molecule has 0 aliphatic rings. The van der Waals surface area contributed by atoms with E-state index in [4.69, 9.17) is 14.2 Å². The van der Waals surface area contributed by atoms with E-state index < -0.39 is 6.10 Å². The lowest BCUT2D eigenvalue weighted by atomic mass is 10.0. The summed E-state index contributed by atoms with van der Waals surface area (Å²) >= 11 is 0. The number of esters is 3. The minimum absolute atomic E-state index is 0.0690. The van der Waals surface area contributed by atoms with Crippen LogP contribution < -0.4 is 0 Å². The summed E-state index contributed by atoms with van der Waals surface area (Å²) < 4.78 is 17.0. The van der Waals surface area contributed by atoms with Crippen LogP contribution in [0.4, 0.5) is 0 Å². The molecular weight excluding hydrogens is 973 g/mol. The number of ether oxygens (including phenoxy) is 3. The number of hydrogen-bond acceptors (Lipinski definition) is 6. The van der Waals surface area contributed by atoms with Crippen molar-refractivity contribution < 1.29 is 28.6 Å². The van der Waals surface area contributed by atoms with Crippen LogP contribution in [0.5, 0.6) is 0 Å². The minimum atomic E-state index is -0.772. The molecule has 0 saturated carbocycles. The average molecular weight is 1110 g/mol. The summed E-state index contributed by atoms with van der Waals surface area (Å²) in [6.45, 7) is 6.67. The summed E-state index contributed by atoms with van der Waals surface area (Å²) in [7, 11) is 0. The third-order valence-corrected chi connectivity index (χ3v) is 15.8. The molecule has 6 heteroatoms. The highest BCUT2D eigenvalue weighted by Gasteiger charge is 2.19. The van der Waals surface area contributed by atoms with Crippen molar-refractivity contribution in [3.63, 3.8) is 0 Å². The van der Waals surface area contributed by atoms with Crippen LogP contribution in [-0.4, -0.2) is 37.2 Å². The van der Waals surface area contributed by atoms with Gasteiger partial charge in [0.1, 0.15) is 13.2 Å². The van der Waals surface area contributed by atoms with E-state index in [2.05, 4.69) is 69.4 Å².